The van der Waals surface area contributed by atoms with Crippen LogP contribution in [-0.2, 0) is 10.0 Å². The minimum absolute atomic E-state index is 0.0728. The summed E-state index contributed by atoms with van der Waals surface area (Å²) < 4.78 is 28.0. The Morgan fingerprint density at radius 2 is 1.90 bits per heavy atom. The summed E-state index contributed by atoms with van der Waals surface area (Å²) in [4.78, 5) is 3.97. The summed E-state index contributed by atoms with van der Waals surface area (Å²) in [6, 6.07) is 4.62. The van der Waals surface area contributed by atoms with Crippen LogP contribution < -0.4 is 10.5 Å². The highest BCUT2D eigenvalue weighted by atomic mass is 79.9. The number of rotatable bonds is 3. The molecule has 5 nitrogen and oxygen atoms in total. The minimum atomic E-state index is -3.86. The molecule has 0 unspecified atom stereocenters. The number of nitrogens with one attached hydrogen (secondary N) is 1. The Hall–Kier alpha value is -1.31. The number of nitrogens with zero attached hydrogens (tertiary/aromatic N) is 1. The maximum absolute atomic E-state index is 12.4. The highest BCUT2D eigenvalue weighted by Gasteiger charge is 2.20. The van der Waals surface area contributed by atoms with E-state index in [1.165, 1.54) is 18.3 Å². The van der Waals surface area contributed by atoms with Crippen LogP contribution >= 0.6 is 27.5 Å². The molecule has 0 radical (unpaired) electrons. The number of aromatic nitrogens is 1. The number of sulfonamides is 1. The van der Waals surface area contributed by atoms with Crippen molar-refractivity contribution in [3.63, 3.8) is 0 Å². The van der Waals surface area contributed by atoms with Crippen LogP contribution in [0.4, 0.5) is 11.5 Å². The SMILES string of the molecule is Cc1cc(Cl)c(S(=O)(=O)Nc2ncc(Br)cc2C)cc1N. The summed E-state index contributed by atoms with van der Waals surface area (Å²) in [5.74, 6) is 0.244. The van der Waals surface area contributed by atoms with E-state index in [1.807, 2.05) is 0 Å². The van der Waals surface area contributed by atoms with E-state index in [0.717, 1.165) is 10.0 Å². The van der Waals surface area contributed by atoms with Crippen LogP contribution in [-0.4, -0.2) is 13.4 Å². The van der Waals surface area contributed by atoms with Gasteiger partial charge in [0, 0.05) is 16.4 Å². The zero-order valence-electron chi connectivity index (χ0n) is 11.3. The third-order valence-electron chi connectivity index (χ3n) is 2.89. The summed E-state index contributed by atoms with van der Waals surface area (Å²) in [6.45, 7) is 3.51. The molecule has 0 aliphatic carbocycles. The van der Waals surface area contributed by atoms with E-state index in [-0.39, 0.29) is 15.7 Å². The average molecular weight is 391 g/mol. The predicted molar refractivity (Wildman–Crippen MR) is 88.1 cm³/mol. The molecule has 0 spiro atoms. The lowest BCUT2D eigenvalue weighted by Crippen LogP contribution is -2.16. The lowest BCUT2D eigenvalue weighted by molar-refractivity contribution is 0.601. The van der Waals surface area contributed by atoms with Gasteiger partial charge < -0.3 is 5.73 Å². The van der Waals surface area contributed by atoms with Gasteiger partial charge in [-0.3, -0.25) is 4.72 Å². The van der Waals surface area contributed by atoms with Crippen LogP contribution in [0.3, 0.4) is 0 Å². The quantitative estimate of drug-likeness (QED) is 0.786. The Morgan fingerprint density at radius 1 is 1.24 bits per heavy atom. The van der Waals surface area contributed by atoms with Crippen LogP contribution in [0, 0.1) is 13.8 Å². The van der Waals surface area contributed by atoms with E-state index in [9.17, 15) is 8.42 Å². The monoisotopic (exact) mass is 389 g/mol. The number of benzene rings is 1. The number of nitrogen functional groups attached to an aromatic ring is 1. The maximum atomic E-state index is 12.4. The molecule has 2 rings (SSSR count). The highest BCUT2D eigenvalue weighted by Crippen LogP contribution is 2.28. The van der Waals surface area contributed by atoms with Crippen LogP contribution in [0.2, 0.25) is 5.02 Å². The number of pyridine rings is 1. The van der Waals surface area contributed by atoms with Crippen LogP contribution in [0.15, 0.2) is 33.8 Å². The van der Waals surface area contributed by atoms with Gasteiger partial charge in [-0.2, -0.15) is 0 Å². The summed E-state index contributed by atoms with van der Waals surface area (Å²) >= 11 is 9.29. The topological polar surface area (TPSA) is 85.1 Å². The van der Waals surface area contributed by atoms with Crippen molar-refractivity contribution in [2.45, 2.75) is 18.7 Å². The van der Waals surface area contributed by atoms with Gasteiger partial charge in [-0.15, -0.1) is 0 Å². The Kier molecular flexibility index (Phi) is 4.46. The van der Waals surface area contributed by atoms with Crippen LogP contribution in [0.5, 0.6) is 0 Å². The second kappa shape index (κ2) is 5.82. The van der Waals surface area contributed by atoms with Crippen LogP contribution in [0.25, 0.3) is 0 Å². The van der Waals surface area contributed by atoms with E-state index in [2.05, 4.69) is 25.6 Å². The van der Waals surface area contributed by atoms with Crippen molar-refractivity contribution in [2.24, 2.45) is 0 Å². The first-order valence-corrected chi connectivity index (χ1v) is 8.56. The van der Waals surface area contributed by atoms with Gasteiger partial charge in [0.15, 0.2) is 0 Å². The molecule has 1 aromatic carbocycles. The third kappa shape index (κ3) is 3.48. The van der Waals surface area contributed by atoms with Crippen LogP contribution in [0.1, 0.15) is 11.1 Å². The van der Waals surface area contributed by atoms with Gasteiger partial charge in [0.1, 0.15) is 10.7 Å². The Labute approximate surface area is 136 Å². The van der Waals surface area contributed by atoms with Crippen molar-refractivity contribution in [1.82, 2.24) is 4.98 Å². The minimum Gasteiger partial charge on any atom is -0.398 e. The first-order valence-electron chi connectivity index (χ1n) is 5.91. The van der Waals surface area contributed by atoms with Crippen molar-refractivity contribution in [1.29, 1.82) is 0 Å². The fraction of sp³-hybridized carbons (Fsp3) is 0.154. The molecule has 0 amide bonds. The number of nitrogens with two attached hydrogens (primary N) is 1. The Morgan fingerprint density at radius 3 is 2.52 bits per heavy atom. The molecule has 3 N–H and O–H groups in total. The molecule has 0 saturated heterocycles. The lowest BCUT2D eigenvalue weighted by Gasteiger charge is -2.12. The number of aryl methyl sites for hydroxylation is 2. The second-order valence-corrected chi connectivity index (χ2v) is 7.54. The molecule has 0 saturated carbocycles. The van der Waals surface area contributed by atoms with Crippen molar-refractivity contribution in [3.05, 3.63) is 45.0 Å². The van der Waals surface area contributed by atoms with Crippen molar-refractivity contribution in [3.8, 4) is 0 Å². The molecular formula is C13H13BrClN3O2S. The maximum Gasteiger partial charge on any atom is 0.264 e. The summed E-state index contributed by atoms with van der Waals surface area (Å²) in [6.07, 6.45) is 1.51. The average Bonchev–Trinajstić information content (AvgIpc) is 2.37. The van der Waals surface area contributed by atoms with Crippen molar-refractivity contribution >= 4 is 49.1 Å². The van der Waals surface area contributed by atoms with E-state index in [1.54, 1.807) is 19.9 Å². The smallest absolute Gasteiger partial charge is 0.264 e. The van der Waals surface area contributed by atoms with Gasteiger partial charge in [-0.05, 0) is 59.1 Å². The van der Waals surface area contributed by atoms with Gasteiger partial charge in [0.2, 0.25) is 0 Å². The van der Waals surface area contributed by atoms with Gasteiger partial charge in [-0.25, -0.2) is 13.4 Å². The normalized spacial score (nSPS) is 11.4. The van der Waals surface area contributed by atoms with Crippen molar-refractivity contribution in [2.75, 3.05) is 10.5 Å². The first-order chi connectivity index (χ1) is 9.70. The Bertz CT molecular complexity index is 809. The number of hydrogen-bond donors (Lipinski definition) is 2. The van der Waals surface area contributed by atoms with Gasteiger partial charge >= 0.3 is 0 Å². The number of anilines is 2. The molecule has 0 aliphatic rings. The summed E-state index contributed by atoms with van der Waals surface area (Å²) in [7, 11) is -3.86. The summed E-state index contributed by atoms with van der Waals surface area (Å²) in [5.41, 5.74) is 7.52. The van der Waals surface area contributed by atoms with E-state index >= 15 is 0 Å². The highest BCUT2D eigenvalue weighted by molar-refractivity contribution is 9.10. The molecule has 1 aromatic heterocycles. The van der Waals surface area contributed by atoms with Gasteiger partial charge in [-0.1, -0.05) is 11.6 Å². The fourth-order valence-electron chi connectivity index (χ4n) is 1.70. The molecule has 0 aliphatic heterocycles. The third-order valence-corrected chi connectivity index (χ3v) is 5.12. The molecule has 112 valence electrons. The Balaban J connectivity index is 2.46. The molecule has 0 atom stereocenters. The largest absolute Gasteiger partial charge is 0.398 e. The number of halogens is 2. The van der Waals surface area contributed by atoms with Gasteiger partial charge in [0.05, 0.1) is 5.02 Å². The number of hydrogen-bond acceptors (Lipinski definition) is 4. The van der Waals surface area contributed by atoms with Crippen molar-refractivity contribution < 1.29 is 8.42 Å². The molecule has 0 fully saturated rings. The standard InChI is InChI=1S/C13H13BrClN3O2S/c1-7-4-10(15)12(5-11(7)16)21(19,20)18-13-8(2)3-9(14)6-17-13/h3-6H,16H2,1-2H3,(H,17,18). The zero-order chi connectivity index (χ0) is 15.8. The fourth-order valence-corrected chi connectivity index (χ4v) is 3.85. The first kappa shape index (κ1) is 16.1. The molecule has 21 heavy (non-hydrogen) atoms. The molecule has 1 heterocycles. The summed E-state index contributed by atoms with van der Waals surface area (Å²) in [5, 5.41) is 0.115. The zero-order valence-corrected chi connectivity index (χ0v) is 14.5. The lowest BCUT2D eigenvalue weighted by atomic mass is 10.2. The van der Waals surface area contributed by atoms with E-state index < -0.39 is 10.0 Å². The molecule has 8 heteroatoms. The molecular weight excluding hydrogens is 378 g/mol. The van der Waals surface area contributed by atoms with E-state index in [4.69, 9.17) is 17.3 Å². The predicted octanol–water partition coefficient (Wildman–Crippen LogP) is 3.50. The second-order valence-electron chi connectivity index (χ2n) is 4.56. The molecule has 0 bridgehead atoms. The van der Waals surface area contributed by atoms with E-state index in [0.29, 0.717) is 11.3 Å². The molecule has 2 aromatic rings. The van der Waals surface area contributed by atoms with Gasteiger partial charge in [0.25, 0.3) is 10.0 Å².